The van der Waals surface area contributed by atoms with Crippen LogP contribution in [-0.2, 0) is 19.1 Å². The highest BCUT2D eigenvalue weighted by atomic mass is 32.1. The van der Waals surface area contributed by atoms with Crippen molar-refractivity contribution in [2.45, 2.75) is 26.3 Å². The molecule has 9 heteroatoms. The van der Waals surface area contributed by atoms with Crippen molar-refractivity contribution in [3.05, 3.63) is 42.0 Å². The van der Waals surface area contributed by atoms with Gasteiger partial charge in [0, 0.05) is 25.1 Å². The number of ether oxygens (including phenoxy) is 2. The van der Waals surface area contributed by atoms with Gasteiger partial charge in [0.15, 0.2) is 0 Å². The Morgan fingerprint density at radius 2 is 1.91 bits per heavy atom. The summed E-state index contributed by atoms with van der Waals surface area (Å²) in [4.78, 5) is 39.9. The number of methoxy groups -OCH3 is 1. The molecule has 1 unspecified atom stereocenters. The number of esters is 1. The quantitative estimate of drug-likeness (QED) is 0.373. The summed E-state index contributed by atoms with van der Waals surface area (Å²) >= 11 is 1.31. The third kappa shape index (κ3) is 7.44. The number of benzene rings is 1. The molecule has 0 saturated heterocycles. The van der Waals surface area contributed by atoms with E-state index in [1.807, 2.05) is 30.3 Å². The highest BCUT2D eigenvalue weighted by Gasteiger charge is 2.24. The van der Waals surface area contributed by atoms with Crippen LogP contribution >= 0.6 is 11.3 Å². The van der Waals surface area contributed by atoms with Gasteiger partial charge < -0.3 is 20.1 Å². The Kier molecular flexibility index (Phi) is 10.3. The molecule has 174 valence electrons. The Labute approximate surface area is 192 Å². The smallest absolute Gasteiger partial charge is 0.341 e. The predicted octanol–water partition coefficient (Wildman–Crippen LogP) is 3.00. The van der Waals surface area contributed by atoms with Crippen molar-refractivity contribution in [3.8, 4) is 10.4 Å². The number of thiophene rings is 1. The lowest BCUT2D eigenvalue weighted by atomic mass is 10.1. The summed E-state index contributed by atoms with van der Waals surface area (Å²) in [7, 11) is 3.31. The normalized spacial score (nSPS) is 11.8. The minimum absolute atomic E-state index is 0.0754. The molecule has 1 heterocycles. The molecule has 0 radical (unpaired) electrons. The molecule has 2 rings (SSSR count). The summed E-state index contributed by atoms with van der Waals surface area (Å²) in [6, 6.07) is 10.8. The molecule has 8 nitrogen and oxygen atoms in total. The zero-order chi connectivity index (χ0) is 23.5. The summed E-state index contributed by atoms with van der Waals surface area (Å²) in [5.41, 5.74) is 1.26. The number of anilines is 1. The number of hydrogen-bond donors (Lipinski definition) is 2. The van der Waals surface area contributed by atoms with E-state index in [9.17, 15) is 14.4 Å². The molecule has 1 aromatic carbocycles. The van der Waals surface area contributed by atoms with Gasteiger partial charge in [-0.2, -0.15) is 0 Å². The van der Waals surface area contributed by atoms with E-state index >= 15 is 0 Å². The van der Waals surface area contributed by atoms with Gasteiger partial charge in [0.1, 0.15) is 5.00 Å². The number of carbonyl (C=O) groups excluding carboxylic acids is 3. The van der Waals surface area contributed by atoms with Crippen molar-refractivity contribution >= 4 is 34.1 Å². The molecule has 0 aliphatic carbocycles. The van der Waals surface area contributed by atoms with Gasteiger partial charge in [-0.05, 0) is 38.9 Å². The van der Waals surface area contributed by atoms with Crippen molar-refractivity contribution in [1.82, 2.24) is 10.2 Å². The van der Waals surface area contributed by atoms with E-state index in [1.54, 1.807) is 39.0 Å². The van der Waals surface area contributed by atoms with Crippen LogP contribution in [0.4, 0.5) is 5.00 Å². The van der Waals surface area contributed by atoms with Gasteiger partial charge in [-0.15, -0.1) is 11.3 Å². The second-order valence-corrected chi connectivity index (χ2v) is 8.27. The fourth-order valence-corrected chi connectivity index (χ4v) is 3.92. The van der Waals surface area contributed by atoms with Crippen LogP contribution < -0.4 is 10.6 Å². The number of likely N-dealkylation sites (N-methyl/N-ethyl adjacent to an activating group) is 1. The molecule has 1 aromatic heterocycles. The first-order chi connectivity index (χ1) is 15.4. The van der Waals surface area contributed by atoms with E-state index in [0.29, 0.717) is 23.7 Å². The number of rotatable bonds is 12. The van der Waals surface area contributed by atoms with Crippen LogP contribution in [0.3, 0.4) is 0 Å². The molecule has 0 spiro atoms. The molecule has 0 saturated carbocycles. The van der Waals surface area contributed by atoms with Crippen LogP contribution in [0.1, 0.15) is 30.6 Å². The first-order valence-corrected chi connectivity index (χ1v) is 11.3. The minimum Gasteiger partial charge on any atom is -0.462 e. The van der Waals surface area contributed by atoms with Crippen LogP contribution in [0.25, 0.3) is 10.4 Å². The number of carbonyl (C=O) groups is 3. The van der Waals surface area contributed by atoms with Crippen LogP contribution in [0.5, 0.6) is 0 Å². The Hall–Kier alpha value is -2.75. The average molecular weight is 462 g/mol. The number of nitrogens with one attached hydrogen (secondary N) is 2. The highest BCUT2D eigenvalue weighted by Crippen LogP contribution is 2.36. The zero-order valence-electron chi connectivity index (χ0n) is 19.0. The second-order valence-electron chi connectivity index (χ2n) is 7.22. The molecular formula is C23H31N3O5S. The Morgan fingerprint density at radius 1 is 1.19 bits per heavy atom. The van der Waals surface area contributed by atoms with Crippen LogP contribution in [0.15, 0.2) is 36.4 Å². The lowest BCUT2D eigenvalue weighted by Gasteiger charge is -2.23. The standard InChI is InChI=1S/C23H31N3O5S/c1-5-31-23(29)18-14-19(17-10-7-6-8-11-17)32-22(18)25-21(28)16(2)26(3)15-20(27)24-12-9-13-30-4/h6-8,10-11,14,16H,5,9,12-13,15H2,1-4H3,(H,24,27)(H,25,28). The van der Waals surface area contributed by atoms with Crippen molar-refractivity contribution in [3.63, 3.8) is 0 Å². The SMILES string of the molecule is CCOC(=O)c1cc(-c2ccccc2)sc1NC(=O)C(C)N(C)CC(=O)NCCCOC. The fourth-order valence-electron chi connectivity index (χ4n) is 2.87. The van der Waals surface area contributed by atoms with Crippen LogP contribution in [-0.4, -0.2) is 69.2 Å². The molecule has 0 aliphatic heterocycles. The number of hydrogen-bond acceptors (Lipinski definition) is 7. The molecule has 2 N–H and O–H groups in total. The summed E-state index contributed by atoms with van der Waals surface area (Å²) < 4.78 is 10.1. The van der Waals surface area contributed by atoms with E-state index < -0.39 is 12.0 Å². The maximum Gasteiger partial charge on any atom is 0.341 e. The first kappa shape index (κ1) is 25.5. The van der Waals surface area contributed by atoms with Gasteiger partial charge in [-0.1, -0.05) is 30.3 Å². The van der Waals surface area contributed by atoms with Gasteiger partial charge in [0.2, 0.25) is 11.8 Å². The van der Waals surface area contributed by atoms with E-state index in [-0.39, 0.29) is 25.0 Å². The summed E-state index contributed by atoms with van der Waals surface area (Å²) in [6.45, 7) is 4.85. The zero-order valence-corrected chi connectivity index (χ0v) is 19.8. The van der Waals surface area contributed by atoms with Crippen LogP contribution in [0.2, 0.25) is 0 Å². The largest absolute Gasteiger partial charge is 0.462 e. The Morgan fingerprint density at radius 3 is 2.56 bits per heavy atom. The van der Waals surface area contributed by atoms with E-state index in [1.165, 1.54) is 11.3 Å². The highest BCUT2D eigenvalue weighted by molar-refractivity contribution is 7.20. The first-order valence-electron chi connectivity index (χ1n) is 10.5. The van der Waals surface area contributed by atoms with Gasteiger partial charge in [-0.3, -0.25) is 14.5 Å². The lowest BCUT2D eigenvalue weighted by Crippen LogP contribution is -2.45. The van der Waals surface area contributed by atoms with Gasteiger partial charge in [0.25, 0.3) is 0 Å². The fraction of sp³-hybridized carbons (Fsp3) is 0.435. The minimum atomic E-state index is -0.586. The third-order valence-corrected chi connectivity index (χ3v) is 5.90. The molecule has 32 heavy (non-hydrogen) atoms. The van der Waals surface area contributed by atoms with E-state index in [2.05, 4.69) is 10.6 Å². The maximum atomic E-state index is 12.9. The monoisotopic (exact) mass is 461 g/mol. The number of nitrogens with zero attached hydrogens (tertiary/aromatic N) is 1. The van der Waals surface area contributed by atoms with E-state index in [0.717, 1.165) is 16.9 Å². The molecule has 1 atom stereocenters. The van der Waals surface area contributed by atoms with Gasteiger partial charge in [-0.25, -0.2) is 4.79 Å². The van der Waals surface area contributed by atoms with Gasteiger partial charge >= 0.3 is 5.97 Å². The third-order valence-electron chi connectivity index (χ3n) is 4.80. The van der Waals surface area contributed by atoms with Crippen molar-refractivity contribution in [2.75, 3.05) is 45.8 Å². The average Bonchev–Trinajstić information content (AvgIpc) is 3.20. The Bertz CT molecular complexity index is 900. The van der Waals surface area contributed by atoms with Crippen molar-refractivity contribution < 1.29 is 23.9 Å². The Balaban J connectivity index is 2.07. The van der Waals surface area contributed by atoms with Crippen molar-refractivity contribution in [2.24, 2.45) is 0 Å². The molecule has 2 aromatic rings. The molecule has 2 amide bonds. The second kappa shape index (κ2) is 12.9. The summed E-state index contributed by atoms with van der Waals surface area (Å²) in [5, 5.41) is 6.07. The van der Waals surface area contributed by atoms with Crippen molar-refractivity contribution in [1.29, 1.82) is 0 Å². The molecular weight excluding hydrogens is 430 g/mol. The molecule has 0 aliphatic rings. The molecule has 0 fully saturated rings. The number of amides is 2. The van der Waals surface area contributed by atoms with E-state index in [4.69, 9.17) is 9.47 Å². The van der Waals surface area contributed by atoms with Gasteiger partial charge in [0.05, 0.1) is 24.8 Å². The molecule has 0 bridgehead atoms. The topological polar surface area (TPSA) is 97.0 Å². The predicted molar refractivity (Wildman–Crippen MR) is 126 cm³/mol. The summed E-state index contributed by atoms with van der Waals surface area (Å²) in [5.74, 6) is -0.970. The summed E-state index contributed by atoms with van der Waals surface area (Å²) in [6.07, 6.45) is 0.723. The maximum absolute atomic E-state index is 12.9. The van der Waals surface area contributed by atoms with Crippen LogP contribution in [0, 0.1) is 0 Å². The lowest BCUT2D eigenvalue weighted by molar-refractivity contribution is -0.124.